The molecule has 5 heteroatoms. The molecule has 108 valence electrons. The van der Waals surface area contributed by atoms with E-state index < -0.39 is 0 Å². The summed E-state index contributed by atoms with van der Waals surface area (Å²) in [4.78, 5) is 13.1. The van der Waals surface area contributed by atoms with E-state index in [0.29, 0.717) is 12.0 Å². The van der Waals surface area contributed by atoms with Crippen molar-refractivity contribution in [3.63, 3.8) is 0 Å². The smallest absolute Gasteiger partial charge is 0.231 e. The number of anilines is 1. The molecule has 1 aliphatic heterocycles. The third-order valence-electron chi connectivity index (χ3n) is 3.70. The Kier molecular flexibility index (Phi) is 3.88. The minimum absolute atomic E-state index is 0.0851. The van der Waals surface area contributed by atoms with E-state index >= 15 is 0 Å². The van der Waals surface area contributed by atoms with E-state index in [1.54, 1.807) is 24.1 Å². The maximum atomic E-state index is 14.0. The Morgan fingerprint density at radius 1 is 1.24 bits per heavy atom. The van der Waals surface area contributed by atoms with Crippen LogP contribution in [-0.2, 0) is 11.2 Å². The molecule has 0 spiro atoms. The predicted octanol–water partition coefficient (Wildman–Crippen LogP) is 4.59. The molecule has 3 rings (SSSR count). The summed E-state index contributed by atoms with van der Waals surface area (Å²) in [6, 6.07) is 10.7. The monoisotopic (exact) mass is 411 g/mol. The first kappa shape index (κ1) is 14.7. The first-order valence-electron chi connectivity index (χ1n) is 6.46. The highest BCUT2D eigenvalue weighted by Gasteiger charge is 2.25. The Hall–Kier alpha value is -1.20. The van der Waals surface area contributed by atoms with Crippen LogP contribution in [0.5, 0.6) is 0 Å². The molecular formula is C16H12Br2FNO. The molecule has 0 radical (unpaired) electrons. The standard InChI is InChI=1S/C16H12Br2FNO/c1-20-14-5-2-9(6-10(14)7-15(20)21)16(18)12-8-11(17)3-4-13(12)19/h2-6,8,16H,7H2,1H3. The van der Waals surface area contributed by atoms with Crippen molar-refractivity contribution in [1.29, 1.82) is 0 Å². The molecule has 1 amide bonds. The molecule has 1 atom stereocenters. The van der Waals surface area contributed by atoms with E-state index in [4.69, 9.17) is 0 Å². The molecule has 0 bridgehead atoms. The summed E-state index contributed by atoms with van der Waals surface area (Å²) in [6.45, 7) is 0. The number of nitrogens with zero attached hydrogens (tertiary/aromatic N) is 1. The van der Waals surface area contributed by atoms with Gasteiger partial charge in [-0.1, -0.05) is 44.0 Å². The second kappa shape index (κ2) is 5.54. The molecule has 0 fully saturated rings. The number of benzene rings is 2. The van der Waals surface area contributed by atoms with Crippen molar-refractivity contribution in [2.24, 2.45) is 0 Å². The van der Waals surface area contributed by atoms with Crippen LogP contribution in [0.1, 0.15) is 21.5 Å². The highest BCUT2D eigenvalue weighted by Crippen LogP contribution is 2.37. The lowest BCUT2D eigenvalue weighted by Crippen LogP contribution is -2.20. The third-order valence-corrected chi connectivity index (χ3v) is 5.22. The predicted molar refractivity (Wildman–Crippen MR) is 88.4 cm³/mol. The zero-order valence-electron chi connectivity index (χ0n) is 11.2. The van der Waals surface area contributed by atoms with Crippen molar-refractivity contribution in [1.82, 2.24) is 0 Å². The number of alkyl halides is 1. The fourth-order valence-corrected chi connectivity index (χ4v) is 3.55. The van der Waals surface area contributed by atoms with Gasteiger partial charge in [0.1, 0.15) is 5.82 Å². The van der Waals surface area contributed by atoms with Gasteiger partial charge in [-0.3, -0.25) is 4.79 Å². The first-order valence-corrected chi connectivity index (χ1v) is 8.16. The van der Waals surface area contributed by atoms with Crippen molar-refractivity contribution in [3.8, 4) is 0 Å². The van der Waals surface area contributed by atoms with Crippen LogP contribution in [0, 0.1) is 5.82 Å². The van der Waals surface area contributed by atoms with Crippen molar-refractivity contribution in [3.05, 3.63) is 63.4 Å². The number of likely N-dealkylation sites (N-methyl/N-ethyl adjacent to an activating group) is 1. The van der Waals surface area contributed by atoms with Crippen LogP contribution >= 0.6 is 31.9 Å². The summed E-state index contributed by atoms with van der Waals surface area (Å²) in [7, 11) is 1.77. The van der Waals surface area contributed by atoms with Crippen LogP contribution in [0.2, 0.25) is 0 Å². The quantitative estimate of drug-likeness (QED) is 0.660. The molecule has 2 aromatic carbocycles. The van der Waals surface area contributed by atoms with Gasteiger partial charge in [-0.25, -0.2) is 4.39 Å². The van der Waals surface area contributed by atoms with E-state index in [2.05, 4.69) is 31.9 Å². The van der Waals surface area contributed by atoms with E-state index in [1.807, 2.05) is 18.2 Å². The lowest BCUT2D eigenvalue weighted by Gasteiger charge is -2.15. The van der Waals surface area contributed by atoms with Crippen molar-refractivity contribution in [2.45, 2.75) is 11.2 Å². The maximum absolute atomic E-state index is 14.0. The second-order valence-electron chi connectivity index (χ2n) is 5.05. The summed E-state index contributed by atoms with van der Waals surface area (Å²) < 4.78 is 14.8. The highest BCUT2D eigenvalue weighted by atomic mass is 79.9. The minimum Gasteiger partial charge on any atom is -0.315 e. The molecule has 1 aliphatic rings. The molecule has 1 heterocycles. The molecule has 2 aromatic rings. The highest BCUT2D eigenvalue weighted by molar-refractivity contribution is 9.10. The van der Waals surface area contributed by atoms with E-state index in [-0.39, 0.29) is 16.6 Å². The zero-order chi connectivity index (χ0) is 15.1. The van der Waals surface area contributed by atoms with Gasteiger partial charge in [-0.15, -0.1) is 0 Å². The fraction of sp³-hybridized carbons (Fsp3) is 0.188. The van der Waals surface area contributed by atoms with Crippen molar-refractivity contribution < 1.29 is 9.18 Å². The van der Waals surface area contributed by atoms with Gasteiger partial charge in [-0.05, 0) is 35.4 Å². The number of carbonyl (C=O) groups excluding carboxylic acids is 1. The normalized spacial score (nSPS) is 15.2. The Morgan fingerprint density at radius 2 is 2.00 bits per heavy atom. The van der Waals surface area contributed by atoms with Gasteiger partial charge in [0, 0.05) is 22.8 Å². The SMILES string of the molecule is CN1C(=O)Cc2cc(C(Br)c3cc(Br)ccc3F)ccc21. The Bertz CT molecular complexity index is 732. The van der Waals surface area contributed by atoms with E-state index in [0.717, 1.165) is 21.3 Å². The summed E-state index contributed by atoms with van der Waals surface area (Å²) >= 11 is 6.92. The molecular weight excluding hydrogens is 401 g/mol. The Balaban J connectivity index is 2.00. The second-order valence-corrected chi connectivity index (χ2v) is 6.88. The van der Waals surface area contributed by atoms with Crippen LogP contribution in [0.4, 0.5) is 10.1 Å². The maximum Gasteiger partial charge on any atom is 0.231 e. The number of halogens is 3. The van der Waals surface area contributed by atoms with Gasteiger partial charge >= 0.3 is 0 Å². The Labute approximate surface area is 139 Å². The molecule has 21 heavy (non-hydrogen) atoms. The Morgan fingerprint density at radius 3 is 2.76 bits per heavy atom. The number of amides is 1. The first-order chi connectivity index (χ1) is 9.97. The summed E-state index contributed by atoms with van der Waals surface area (Å²) in [5.41, 5.74) is 3.42. The molecule has 0 saturated heterocycles. The van der Waals surface area contributed by atoms with Crippen LogP contribution in [0.3, 0.4) is 0 Å². The number of hydrogen-bond acceptors (Lipinski definition) is 1. The lowest BCUT2D eigenvalue weighted by molar-refractivity contribution is -0.117. The van der Waals surface area contributed by atoms with Gasteiger partial charge in [-0.2, -0.15) is 0 Å². The number of hydrogen-bond donors (Lipinski definition) is 0. The average molecular weight is 413 g/mol. The minimum atomic E-state index is -0.256. The molecule has 0 saturated carbocycles. The van der Waals surface area contributed by atoms with Crippen LogP contribution in [0.15, 0.2) is 40.9 Å². The lowest BCUT2D eigenvalue weighted by atomic mass is 10.0. The average Bonchev–Trinajstić information content (AvgIpc) is 2.75. The number of fused-ring (bicyclic) bond motifs is 1. The van der Waals surface area contributed by atoms with Gasteiger partial charge < -0.3 is 4.90 Å². The number of carbonyl (C=O) groups is 1. The van der Waals surface area contributed by atoms with Crippen molar-refractivity contribution >= 4 is 43.5 Å². The summed E-state index contributed by atoms with van der Waals surface area (Å²) in [5.74, 6) is -0.171. The van der Waals surface area contributed by atoms with Gasteiger partial charge in [0.15, 0.2) is 0 Å². The summed E-state index contributed by atoms with van der Waals surface area (Å²) in [5, 5.41) is 0. The van der Waals surface area contributed by atoms with Gasteiger partial charge in [0.25, 0.3) is 0 Å². The zero-order valence-corrected chi connectivity index (χ0v) is 14.4. The van der Waals surface area contributed by atoms with Gasteiger partial charge in [0.2, 0.25) is 5.91 Å². The molecule has 2 nitrogen and oxygen atoms in total. The van der Waals surface area contributed by atoms with Crippen LogP contribution in [-0.4, -0.2) is 13.0 Å². The molecule has 0 aromatic heterocycles. The van der Waals surface area contributed by atoms with E-state index in [9.17, 15) is 9.18 Å². The van der Waals surface area contributed by atoms with Crippen LogP contribution in [0.25, 0.3) is 0 Å². The summed E-state index contributed by atoms with van der Waals surface area (Å²) in [6.07, 6.45) is 0.403. The molecule has 1 unspecified atom stereocenters. The van der Waals surface area contributed by atoms with Gasteiger partial charge in [0.05, 0.1) is 11.2 Å². The van der Waals surface area contributed by atoms with Crippen molar-refractivity contribution in [2.75, 3.05) is 11.9 Å². The largest absolute Gasteiger partial charge is 0.315 e. The van der Waals surface area contributed by atoms with Crippen LogP contribution < -0.4 is 4.90 Å². The molecule has 0 N–H and O–H groups in total. The number of rotatable bonds is 2. The molecule has 0 aliphatic carbocycles. The third kappa shape index (κ3) is 2.64. The fourth-order valence-electron chi connectivity index (χ4n) is 2.54. The topological polar surface area (TPSA) is 20.3 Å². The van der Waals surface area contributed by atoms with E-state index in [1.165, 1.54) is 6.07 Å².